The Kier molecular flexibility index (Phi) is 3.97. The second kappa shape index (κ2) is 5.61. The first-order valence-electron chi connectivity index (χ1n) is 7.21. The van der Waals surface area contributed by atoms with Crippen LogP contribution in [0.2, 0.25) is 0 Å². The van der Waals surface area contributed by atoms with Crippen LogP contribution >= 0.6 is 11.6 Å². The highest BCUT2D eigenvalue weighted by molar-refractivity contribution is 7.91. The van der Waals surface area contributed by atoms with Crippen LogP contribution in [0.5, 0.6) is 0 Å². The zero-order valence-corrected chi connectivity index (χ0v) is 13.6. The number of para-hydroxylation sites is 1. The first-order chi connectivity index (χ1) is 10.00. The number of imidazole rings is 1. The van der Waals surface area contributed by atoms with E-state index in [9.17, 15) is 8.42 Å². The van der Waals surface area contributed by atoms with E-state index in [-0.39, 0.29) is 5.92 Å². The predicted molar refractivity (Wildman–Crippen MR) is 85.7 cm³/mol. The molecule has 6 heteroatoms. The zero-order chi connectivity index (χ0) is 15.0. The fourth-order valence-electron chi connectivity index (χ4n) is 3.09. The molecule has 0 N–H and O–H groups in total. The van der Waals surface area contributed by atoms with Gasteiger partial charge in [-0.1, -0.05) is 12.1 Å². The van der Waals surface area contributed by atoms with Crippen LogP contribution in [0.3, 0.4) is 0 Å². The molecule has 0 aliphatic carbocycles. The molecule has 4 nitrogen and oxygen atoms in total. The number of hydrogen-bond acceptors (Lipinski definition) is 3. The lowest BCUT2D eigenvalue weighted by Crippen LogP contribution is -2.15. The third-order valence-electron chi connectivity index (χ3n) is 4.15. The molecule has 0 radical (unpaired) electrons. The number of alkyl halides is 1. The van der Waals surface area contributed by atoms with E-state index in [0.717, 1.165) is 28.8 Å². The van der Waals surface area contributed by atoms with E-state index in [1.165, 1.54) is 0 Å². The average Bonchev–Trinajstić information content (AvgIpc) is 2.94. The maximum atomic E-state index is 11.7. The lowest BCUT2D eigenvalue weighted by atomic mass is 10.1. The van der Waals surface area contributed by atoms with Gasteiger partial charge in [0, 0.05) is 18.8 Å². The summed E-state index contributed by atoms with van der Waals surface area (Å²) < 4.78 is 25.5. The highest BCUT2D eigenvalue weighted by atomic mass is 35.5. The SMILES string of the molecule is Cc1cccc2c1nc(CCCl)n2CC1CCS(=O)(=O)C1. The van der Waals surface area contributed by atoms with Gasteiger partial charge in [0.15, 0.2) is 9.84 Å². The third-order valence-corrected chi connectivity index (χ3v) is 6.17. The summed E-state index contributed by atoms with van der Waals surface area (Å²) >= 11 is 5.89. The molecular formula is C15H19ClN2O2S. The highest BCUT2D eigenvalue weighted by Gasteiger charge is 2.29. The summed E-state index contributed by atoms with van der Waals surface area (Å²) in [5, 5.41) is 0. The number of sulfone groups is 1. The van der Waals surface area contributed by atoms with Gasteiger partial charge in [-0.05, 0) is 30.9 Å². The monoisotopic (exact) mass is 326 g/mol. The molecule has 1 fully saturated rings. The van der Waals surface area contributed by atoms with Crippen LogP contribution in [0.4, 0.5) is 0 Å². The van der Waals surface area contributed by atoms with Crippen molar-refractivity contribution in [1.29, 1.82) is 0 Å². The minimum absolute atomic E-state index is 0.182. The number of nitrogens with zero attached hydrogens (tertiary/aromatic N) is 2. The maximum absolute atomic E-state index is 11.7. The Bertz CT molecular complexity index is 767. The number of hydrogen-bond donors (Lipinski definition) is 0. The molecule has 2 aromatic rings. The number of fused-ring (bicyclic) bond motifs is 1. The molecule has 3 rings (SSSR count). The molecule has 1 unspecified atom stereocenters. The van der Waals surface area contributed by atoms with Gasteiger partial charge < -0.3 is 4.57 Å². The Hall–Kier alpha value is -1.07. The van der Waals surface area contributed by atoms with Gasteiger partial charge in [0.1, 0.15) is 5.82 Å². The topological polar surface area (TPSA) is 52.0 Å². The van der Waals surface area contributed by atoms with Crippen molar-refractivity contribution >= 4 is 32.5 Å². The summed E-state index contributed by atoms with van der Waals surface area (Å²) in [6.07, 6.45) is 1.45. The minimum Gasteiger partial charge on any atom is -0.328 e. The van der Waals surface area contributed by atoms with Gasteiger partial charge in [0.25, 0.3) is 0 Å². The Morgan fingerprint density at radius 1 is 1.43 bits per heavy atom. The van der Waals surface area contributed by atoms with E-state index in [1.54, 1.807) is 0 Å². The van der Waals surface area contributed by atoms with Crippen molar-refractivity contribution < 1.29 is 8.42 Å². The average molecular weight is 327 g/mol. The third kappa shape index (κ3) is 2.94. The second-order valence-electron chi connectivity index (χ2n) is 5.79. The number of aryl methyl sites for hydroxylation is 2. The second-order valence-corrected chi connectivity index (χ2v) is 8.40. The van der Waals surface area contributed by atoms with Crippen LogP contribution in [-0.2, 0) is 22.8 Å². The van der Waals surface area contributed by atoms with E-state index in [0.29, 0.717) is 30.4 Å². The molecule has 114 valence electrons. The fourth-order valence-corrected chi connectivity index (χ4v) is 5.11. The van der Waals surface area contributed by atoms with E-state index in [2.05, 4.69) is 10.6 Å². The zero-order valence-electron chi connectivity index (χ0n) is 12.0. The van der Waals surface area contributed by atoms with Crippen molar-refractivity contribution in [3.8, 4) is 0 Å². The van der Waals surface area contributed by atoms with Crippen LogP contribution in [0.15, 0.2) is 18.2 Å². The molecule has 0 bridgehead atoms. The molecule has 1 aromatic carbocycles. The van der Waals surface area contributed by atoms with Gasteiger partial charge in [-0.2, -0.15) is 0 Å². The van der Waals surface area contributed by atoms with Gasteiger partial charge in [0.2, 0.25) is 0 Å². The molecule has 0 saturated carbocycles. The standard InChI is InChI=1S/C15H19ClN2O2S/c1-11-3-2-4-13-15(11)17-14(5-7-16)18(13)9-12-6-8-21(19,20)10-12/h2-4,12H,5-10H2,1H3. The van der Waals surface area contributed by atoms with Crippen LogP contribution in [0.1, 0.15) is 17.8 Å². The summed E-state index contributed by atoms with van der Waals surface area (Å²) in [6, 6.07) is 6.12. The molecule has 1 aliphatic rings. The Morgan fingerprint density at radius 2 is 2.24 bits per heavy atom. The van der Waals surface area contributed by atoms with Gasteiger partial charge in [-0.15, -0.1) is 11.6 Å². The predicted octanol–water partition coefficient (Wildman–Crippen LogP) is 2.56. The van der Waals surface area contributed by atoms with Crippen molar-refractivity contribution in [3.05, 3.63) is 29.6 Å². The first-order valence-corrected chi connectivity index (χ1v) is 9.57. The van der Waals surface area contributed by atoms with Crippen molar-refractivity contribution in [1.82, 2.24) is 9.55 Å². The van der Waals surface area contributed by atoms with Crippen molar-refractivity contribution in [2.75, 3.05) is 17.4 Å². The van der Waals surface area contributed by atoms with Crippen LogP contribution in [-0.4, -0.2) is 35.4 Å². The number of halogens is 1. The largest absolute Gasteiger partial charge is 0.328 e. The molecule has 0 spiro atoms. The van der Waals surface area contributed by atoms with E-state index in [4.69, 9.17) is 16.6 Å². The number of benzene rings is 1. The van der Waals surface area contributed by atoms with E-state index >= 15 is 0 Å². The molecule has 1 aromatic heterocycles. The Labute approximate surface area is 130 Å². The molecule has 21 heavy (non-hydrogen) atoms. The summed E-state index contributed by atoms with van der Waals surface area (Å²) in [5.74, 6) is 2.26. The van der Waals surface area contributed by atoms with E-state index < -0.39 is 9.84 Å². The maximum Gasteiger partial charge on any atom is 0.150 e. The van der Waals surface area contributed by atoms with Crippen LogP contribution in [0.25, 0.3) is 11.0 Å². The summed E-state index contributed by atoms with van der Waals surface area (Å²) in [6.45, 7) is 2.76. The Morgan fingerprint density at radius 3 is 2.90 bits per heavy atom. The van der Waals surface area contributed by atoms with Crippen molar-refractivity contribution in [2.45, 2.75) is 26.3 Å². The van der Waals surface area contributed by atoms with Crippen molar-refractivity contribution in [3.63, 3.8) is 0 Å². The fraction of sp³-hybridized carbons (Fsp3) is 0.533. The molecule has 1 atom stereocenters. The summed E-state index contributed by atoms with van der Waals surface area (Å²) in [5.41, 5.74) is 3.22. The summed E-state index contributed by atoms with van der Waals surface area (Å²) in [7, 11) is -2.85. The molecular weight excluding hydrogens is 308 g/mol. The van der Waals surface area contributed by atoms with Gasteiger partial charge in [-0.3, -0.25) is 0 Å². The molecule has 0 amide bonds. The smallest absolute Gasteiger partial charge is 0.150 e. The lowest BCUT2D eigenvalue weighted by Gasteiger charge is -2.13. The van der Waals surface area contributed by atoms with Gasteiger partial charge in [0.05, 0.1) is 22.5 Å². The first kappa shape index (κ1) is 14.9. The highest BCUT2D eigenvalue weighted by Crippen LogP contribution is 2.25. The Balaban J connectivity index is 2.00. The minimum atomic E-state index is -2.85. The van der Waals surface area contributed by atoms with Gasteiger partial charge >= 0.3 is 0 Å². The normalized spacial score (nSPS) is 21.1. The number of rotatable bonds is 4. The van der Waals surface area contributed by atoms with Gasteiger partial charge in [-0.25, -0.2) is 13.4 Å². The summed E-state index contributed by atoms with van der Waals surface area (Å²) in [4.78, 5) is 4.71. The molecule has 1 saturated heterocycles. The molecule has 2 heterocycles. The lowest BCUT2D eigenvalue weighted by molar-refractivity contribution is 0.488. The van der Waals surface area contributed by atoms with Crippen LogP contribution in [0, 0.1) is 12.8 Å². The van der Waals surface area contributed by atoms with E-state index in [1.807, 2.05) is 19.1 Å². The quantitative estimate of drug-likeness (QED) is 0.811. The van der Waals surface area contributed by atoms with Crippen LogP contribution < -0.4 is 0 Å². The molecule has 1 aliphatic heterocycles. The number of aromatic nitrogens is 2. The van der Waals surface area contributed by atoms with Crippen molar-refractivity contribution in [2.24, 2.45) is 5.92 Å².